The third-order valence-corrected chi connectivity index (χ3v) is 2.43. The van der Waals surface area contributed by atoms with Gasteiger partial charge in [-0.3, -0.25) is 0 Å². The van der Waals surface area contributed by atoms with Gasteiger partial charge in [-0.1, -0.05) is 30.3 Å². The van der Waals surface area contributed by atoms with Crippen molar-refractivity contribution in [2.45, 2.75) is 19.6 Å². The van der Waals surface area contributed by atoms with Crippen molar-refractivity contribution < 1.29 is 19.7 Å². The Morgan fingerprint density at radius 2 is 2.06 bits per heavy atom. The Balaban J connectivity index is 2.52. The van der Waals surface area contributed by atoms with E-state index in [9.17, 15) is 9.90 Å². The van der Waals surface area contributed by atoms with Gasteiger partial charge in [-0.2, -0.15) is 0 Å². The quantitative estimate of drug-likeness (QED) is 0.773. The fraction of sp³-hybridized carbons (Fsp3) is 0.462. The molecule has 100 valence electrons. The first kappa shape index (κ1) is 14.5. The average Bonchev–Trinajstić information content (AvgIpc) is 2.36. The minimum Gasteiger partial charge on any atom is -0.465 e. The molecule has 1 aromatic carbocycles. The number of carbonyl (C=O) groups is 1. The van der Waals surface area contributed by atoms with Crippen LogP contribution in [-0.4, -0.2) is 47.1 Å². The van der Waals surface area contributed by atoms with Gasteiger partial charge in [-0.15, -0.1) is 0 Å². The van der Waals surface area contributed by atoms with Gasteiger partial charge >= 0.3 is 6.09 Å². The Hall–Kier alpha value is -1.59. The van der Waals surface area contributed by atoms with Crippen molar-refractivity contribution >= 4 is 6.09 Å². The maximum atomic E-state index is 11.1. The van der Waals surface area contributed by atoms with E-state index in [-0.39, 0.29) is 19.7 Å². The number of rotatable bonds is 7. The molecule has 0 spiro atoms. The van der Waals surface area contributed by atoms with E-state index < -0.39 is 12.2 Å². The lowest BCUT2D eigenvalue weighted by Crippen LogP contribution is -2.38. The number of ether oxygens (including phenoxy) is 1. The van der Waals surface area contributed by atoms with Crippen molar-refractivity contribution in [3.8, 4) is 0 Å². The smallest absolute Gasteiger partial charge is 0.407 e. The minimum atomic E-state index is -1.05. The first-order chi connectivity index (χ1) is 8.63. The zero-order valence-electron chi connectivity index (χ0n) is 10.5. The van der Waals surface area contributed by atoms with Crippen LogP contribution >= 0.6 is 0 Å². The Kier molecular flexibility index (Phi) is 6.18. The maximum Gasteiger partial charge on any atom is 0.407 e. The fourth-order valence-electron chi connectivity index (χ4n) is 1.58. The highest BCUT2D eigenvalue weighted by atomic mass is 16.5. The summed E-state index contributed by atoms with van der Waals surface area (Å²) >= 11 is 0. The van der Waals surface area contributed by atoms with Crippen LogP contribution in [0.3, 0.4) is 0 Å². The summed E-state index contributed by atoms with van der Waals surface area (Å²) in [6.45, 7) is 2.78. The number of aliphatic hydroxyl groups excluding tert-OH is 1. The third kappa shape index (κ3) is 5.16. The Morgan fingerprint density at radius 1 is 1.39 bits per heavy atom. The van der Waals surface area contributed by atoms with Gasteiger partial charge in [-0.05, 0) is 12.5 Å². The van der Waals surface area contributed by atoms with E-state index >= 15 is 0 Å². The molecule has 0 radical (unpaired) electrons. The van der Waals surface area contributed by atoms with Crippen molar-refractivity contribution in [1.29, 1.82) is 0 Å². The van der Waals surface area contributed by atoms with Gasteiger partial charge in [0, 0.05) is 13.2 Å². The molecule has 0 bridgehead atoms. The van der Waals surface area contributed by atoms with Crippen LogP contribution in [-0.2, 0) is 11.3 Å². The molecule has 1 aromatic rings. The molecule has 0 aliphatic rings. The lowest BCUT2D eigenvalue weighted by Gasteiger charge is -2.22. The molecule has 0 heterocycles. The second-order valence-electron chi connectivity index (χ2n) is 3.96. The van der Waals surface area contributed by atoms with E-state index in [2.05, 4.69) is 0 Å². The van der Waals surface area contributed by atoms with E-state index in [0.29, 0.717) is 6.61 Å². The summed E-state index contributed by atoms with van der Waals surface area (Å²) in [5.41, 5.74) is 0.892. The lowest BCUT2D eigenvalue weighted by molar-refractivity contribution is 0.0212. The summed E-state index contributed by atoms with van der Waals surface area (Å²) in [4.78, 5) is 12.3. The van der Waals surface area contributed by atoms with Crippen LogP contribution in [0.4, 0.5) is 4.79 Å². The number of hydrogen-bond donors (Lipinski definition) is 2. The van der Waals surface area contributed by atoms with Crippen molar-refractivity contribution in [2.75, 3.05) is 19.8 Å². The highest BCUT2D eigenvalue weighted by Gasteiger charge is 2.16. The van der Waals surface area contributed by atoms with Crippen LogP contribution in [0.2, 0.25) is 0 Å². The van der Waals surface area contributed by atoms with Gasteiger partial charge in [0.15, 0.2) is 0 Å². The van der Waals surface area contributed by atoms with Crippen LogP contribution in [0.15, 0.2) is 30.3 Å². The minimum absolute atomic E-state index is 0.0459. The lowest BCUT2D eigenvalue weighted by atomic mass is 10.2. The highest BCUT2D eigenvalue weighted by Crippen LogP contribution is 2.05. The zero-order valence-corrected chi connectivity index (χ0v) is 10.5. The molecule has 2 N–H and O–H groups in total. The Labute approximate surface area is 107 Å². The van der Waals surface area contributed by atoms with E-state index in [0.717, 1.165) is 5.56 Å². The van der Waals surface area contributed by atoms with Crippen LogP contribution in [0.1, 0.15) is 12.5 Å². The first-order valence-electron chi connectivity index (χ1n) is 5.91. The average molecular weight is 253 g/mol. The van der Waals surface area contributed by atoms with Gasteiger partial charge in [0.2, 0.25) is 0 Å². The van der Waals surface area contributed by atoms with Gasteiger partial charge in [-0.25, -0.2) is 4.79 Å². The van der Waals surface area contributed by atoms with Crippen molar-refractivity contribution in [2.24, 2.45) is 0 Å². The molecule has 1 amide bonds. The molecule has 0 aromatic heterocycles. The number of carboxylic acid groups (broad SMARTS) is 1. The maximum absolute atomic E-state index is 11.1. The van der Waals surface area contributed by atoms with E-state index in [1.165, 1.54) is 4.90 Å². The number of hydrogen-bond acceptors (Lipinski definition) is 3. The fourth-order valence-corrected chi connectivity index (χ4v) is 1.58. The van der Waals surface area contributed by atoms with Gasteiger partial charge in [0.05, 0.1) is 19.3 Å². The zero-order chi connectivity index (χ0) is 13.4. The predicted octanol–water partition coefficient (Wildman–Crippen LogP) is 1.56. The molecule has 0 saturated heterocycles. The van der Waals surface area contributed by atoms with Crippen LogP contribution < -0.4 is 0 Å². The standard InChI is InChI=1S/C13H19NO4/c1-2-18-10-12(15)9-14(13(16)17)8-11-6-4-3-5-7-11/h3-7,12,15H,2,8-10H2,1H3,(H,16,17). The molecule has 0 saturated carbocycles. The van der Waals surface area contributed by atoms with Gasteiger partial charge in [0.25, 0.3) is 0 Å². The Morgan fingerprint density at radius 3 is 2.61 bits per heavy atom. The van der Waals surface area contributed by atoms with Gasteiger partial charge < -0.3 is 19.8 Å². The summed E-state index contributed by atoms with van der Waals surface area (Å²) in [5.74, 6) is 0. The second kappa shape index (κ2) is 7.68. The van der Waals surface area contributed by atoms with Crippen LogP contribution in [0.25, 0.3) is 0 Å². The van der Waals surface area contributed by atoms with Crippen molar-refractivity contribution in [1.82, 2.24) is 4.90 Å². The molecule has 1 unspecified atom stereocenters. The molecule has 0 aliphatic carbocycles. The SMILES string of the molecule is CCOCC(O)CN(Cc1ccccc1)C(=O)O. The molecule has 5 heteroatoms. The summed E-state index contributed by atoms with van der Waals surface area (Å²) in [7, 11) is 0. The molecule has 0 fully saturated rings. The van der Waals surface area contributed by atoms with Crippen molar-refractivity contribution in [3.63, 3.8) is 0 Å². The summed E-state index contributed by atoms with van der Waals surface area (Å²) in [5, 5.41) is 18.7. The molecule has 5 nitrogen and oxygen atoms in total. The highest BCUT2D eigenvalue weighted by molar-refractivity contribution is 5.65. The number of nitrogens with zero attached hydrogens (tertiary/aromatic N) is 1. The van der Waals surface area contributed by atoms with Gasteiger partial charge in [0.1, 0.15) is 0 Å². The first-order valence-corrected chi connectivity index (χ1v) is 5.91. The molecule has 1 rings (SSSR count). The molecule has 0 aliphatic heterocycles. The molecule has 18 heavy (non-hydrogen) atoms. The summed E-state index contributed by atoms with van der Waals surface area (Å²) in [6.07, 6.45) is -1.85. The predicted molar refractivity (Wildman–Crippen MR) is 67.4 cm³/mol. The van der Waals surface area contributed by atoms with Crippen LogP contribution in [0.5, 0.6) is 0 Å². The van der Waals surface area contributed by atoms with Crippen molar-refractivity contribution in [3.05, 3.63) is 35.9 Å². The largest absolute Gasteiger partial charge is 0.465 e. The summed E-state index contributed by atoms with van der Waals surface area (Å²) in [6, 6.07) is 9.28. The third-order valence-electron chi connectivity index (χ3n) is 2.43. The molecular formula is C13H19NO4. The van der Waals surface area contributed by atoms with Crippen LogP contribution in [0, 0.1) is 0 Å². The number of benzene rings is 1. The van der Waals surface area contributed by atoms with E-state index in [4.69, 9.17) is 9.84 Å². The monoisotopic (exact) mass is 253 g/mol. The van der Waals surface area contributed by atoms with E-state index in [1.54, 1.807) is 0 Å². The number of amides is 1. The summed E-state index contributed by atoms with van der Waals surface area (Å²) < 4.78 is 5.06. The Bertz CT molecular complexity index is 355. The normalized spacial score (nSPS) is 12.1. The topological polar surface area (TPSA) is 70.0 Å². The number of aliphatic hydroxyl groups is 1. The molecular weight excluding hydrogens is 234 g/mol. The second-order valence-corrected chi connectivity index (χ2v) is 3.96. The van der Waals surface area contributed by atoms with E-state index in [1.807, 2.05) is 37.3 Å². The molecule has 1 atom stereocenters.